The first-order chi connectivity index (χ1) is 19.7. The van der Waals surface area contributed by atoms with Crippen molar-refractivity contribution in [1.82, 2.24) is 4.57 Å². The number of aromatic hydroxyl groups is 1. The molecule has 43 heavy (non-hydrogen) atoms. The van der Waals surface area contributed by atoms with E-state index in [2.05, 4.69) is 103 Å². The number of nitrogens with zero attached hydrogens (tertiary/aromatic N) is 1. The largest absolute Gasteiger partial charge is 0.505 e. The standard InChI is InChI=1S/C40H50FNO/c1-36(2,3)25-39(10,11)40(41)21-13-14-26(24-40)29-15-12-16-34(35(29)43)42-32-19-17-27(37(4,5)6)22-30(32)31-23-28(38(7,8)9)18-20-33(31)42/h12-20,22-24,43H,21,25H2,1-11H3. The monoisotopic (exact) mass is 579 g/mol. The molecular weight excluding hydrogens is 529 g/mol. The van der Waals surface area contributed by atoms with Crippen LogP contribution in [0.5, 0.6) is 5.75 Å². The van der Waals surface area contributed by atoms with E-state index < -0.39 is 11.1 Å². The first kappa shape index (κ1) is 31.1. The van der Waals surface area contributed by atoms with Gasteiger partial charge in [0, 0.05) is 28.2 Å². The molecule has 1 atom stereocenters. The van der Waals surface area contributed by atoms with Gasteiger partial charge < -0.3 is 9.67 Å². The molecule has 3 heteroatoms. The second kappa shape index (κ2) is 10.1. The van der Waals surface area contributed by atoms with Gasteiger partial charge in [0.15, 0.2) is 0 Å². The summed E-state index contributed by atoms with van der Waals surface area (Å²) in [6.45, 7) is 24.0. The zero-order valence-electron chi connectivity index (χ0n) is 28.1. The zero-order valence-corrected chi connectivity index (χ0v) is 28.1. The lowest BCUT2D eigenvalue weighted by molar-refractivity contribution is 0.0295. The summed E-state index contributed by atoms with van der Waals surface area (Å²) in [6.07, 6.45) is 6.72. The molecule has 0 saturated heterocycles. The Morgan fingerprint density at radius 3 is 1.79 bits per heavy atom. The second-order valence-electron chi connectivity index (χ2n) is 16.7. The topological polar surface area (TPSA) is 25.2 Å². The minimum atomic E-state index is -1.52. The Morgan fingerprint density at radius 1 is 0.767 bits per heavy atom. The van der Waals surface area contributed by atoms with Crippen LogP contribution in [0.2, 0.25) is 0 Å². The first-order valence-corrected chi connectivity index (χ1v) is 15.7. The highest BCUT2D eigenvalue weighted by Crippen LogP contribution is 2.50. The Balaban J connectivity index is 1.73. The number of halogens is 1. The minimum Gasteiger partial charge on any atom is -0.505 e. The Morgan fingerprint density at radius 2 is 1.30 bits per heavy atom. The van der Waals surface area contributed by atoms with Gasteiger partial charge in [0.25, 0.3) is 0 Å². The molecule has 0 bridgehead atoms. The summed E-state index contributed by atoms with van der Waals surface area (Å²) < 4.78 is 19.0. The summed E-state index contributed by atoms with van der Waals surface area (Å²) >= 11 is 0. The van der Waals surface area contributed by atoms with Crippen LogP contribution >= 0.6 is 0 Å². The van der Waals surface area contributed by atoms with Crippen LogP contribution in [0.25, 0.3) is 33.1 Å². The molecular formula is C40H50FNO. The van der Waals surface area contributed by atoms with Crippen molar-refractivity contribution in [3.05, 3.63) is 89.5 Å². The van der Waals surface area contributed by atoms with Crippen molar-refractivity contribution in [1.29, 1.82) is 0 Å². The van der Waals surface area contributed by atoms with Gasteiger partial charge in [-0.3, -0.25) is 0 Å². The summed E-state index contributed by atoms with van der Waals surface area (Å²) in [6, 6.07) is 19.2. The number of hydrogen-bond donors (Lipinski definition) is 1. The fourth-order valence-corrected chi connectivity index (χ4v) is 6.98. The molecule has 0 aliphatic heterocycles. The lowest BCUT2D eigenvalue weighted by Crippen LogP contribution is -2.42. The van der Waals surface area contributed by atoms with Gasteiger partial charge in [-0.1, -0.05) is 113 Å². The molecule has 1 aromatic heterocycles. The number of phenolic OH excluding ortho intramolecular Hbond substituents is 1. The van der Waals surface area contributed by atoms with Crippen molar-refractivity contribution in [3.8, 4) is 11.4 Å². The maximum absolute atomic E-state index is 16.8. The van der Waals surface area contributed by atoms with E-state index in [1.807, 2.05) is 44.2 Å². The molecule has 0 spiro atoms. The summed E-state index contributed by atoms with van der Waals surface area (Å²) in [5.74, 6) is 0.162. The van der Waals surface area contributed by atoms with E-state index in [1.54, 1.807) is 6.08 Å². The lowest BCUT2D eigenvalue weighted by Gasteiger charge is -2.43. The molecule has 0 saturated carbocycles. The van der Waals surface area contributed by atoms with Crippen LogP contribution in [-0.2, 0) is 10.8 Å². The van der Waals surface area contributed by atoms with Crippen molar-refractivity contribution in [3.63, 3.8) is 0 Å². The molecule has 2 nitrogen and oxygen atoms in total. The molecule has 0 amide bonds. The van der Waals surface area contributed by atoms with Crippen LogP contribution in [0.15, 0.2) is 72.8 Å². The van der Waals surface area contributed by atoms with Gasteiger partial charge >= 0.3 is 0 Å². The number of fused-ring (bicyclic) bond motifs is 3. The SMILES string of the molecule is CC(C)(C)CC(C)(C)C1(F)C=C(c2cccc(-n3c4ccc(C(C)(C)C)cc4c4cc(C(C)(C)C)ccc43)c2O)C=CC1. The second-order valence-corrected chi connectivity index (χ2v) is 16.7. The normalized spacial score (nSPS) is 18.5. The highest BCUT2D eigenvalue weighted by molar-refractivity contribution is 6.10. The first-order valence-electron chi connectivity index (χ1n) is 15.7. The van der Waals surface area contributed by atoms with Gasteiger partial charge in [-0.25, -0.2) is 4.39 Å². The third kappa shape index (κ3) is 5.68. The van der Waals surface area contributed by atoms with E-state index in [-0.39, 0.29) is 22.0 Å². The third-order valence-corrected chi connectivity index (χ3v) is 9.26. The van der Waals surface area contributed by atoms with Crippen molar-refractivity contribution in [2.75, 3.05) is 0 Å². The summed E-state index contributed by atoms with van der Waals surface area (Å²) in [5.41, 5.74) is 4.61. The van der Waals surface area contributed by atoms with Crippen LogP contribution in [0.4, 0.5) is 4.39 Å². The summed E-state index contributed by atoms with van der Waals surface area (Å²) in [4.78, 5) is 0. The smallest absolute Gasteiger partial charge is 0.147 e. The van der Waals surface area contributed by atoms with E-state index in [1.165, 1.54) is 21.9 Å². The fourth-order valence-electron chi connectivity index (χ4n) is 6.98. The average molecular weight is 580 g/mol. The molecule has 1 N–H and O–H groups in total. The molecule has 3 aromatic carbocycles. The maximum Gasteiger partial charge on any atom is 0.147 e. The van der Waals surface area contributed by atoms with E-state index >= 15 is 4.39 Å². The predicted octanol–water partition coefficient (Wildman–Crippen LogP) is 11.6. The Bertz CT molecular complexity index is 1690. The average Bonchev–Trinajstić information content (AvgIpc) is 3.19. The van der Waals surface area contributed by atoms with Crippen molar-refractivity contribution in [2.24, 2.45) is 10.8 Å². The highest BCUT2D eigenvalue weighted by atomic mass is 19.1. The van der Waals surface area contributed by atoms with Gasteiger partial charge in [0.2, 0.25) is 0 Å². The van der Waals surface area contributed by atoms with E-state index in [4.69, 9.17) is 0 Å². The van der Waals surface area contributed by atoms with Gasteiger partial charge in [-0.05, 0) is 75.8 Å². The van der Waals surface area contributed by atoms with Gasteiger partial charge in [0.05, 0.1) is 16.7 Å². The molecule has 0 fully saturated rings. The summed E-state index contributed by atoms with van der Waals surface area (Å²) in [5, 5.41) is 14.3. The lowest BCUT2D eigenvalue weighted by atomic mass is 9.64. The molecule has 1 unspecified atom stereocenters. The third-order valence-electron chi connectivity index (χ3n) is 9.26. The van der Waals surface area contributed by atoms with Crippen molar-refractivity contribution < 1.29 is 9.50 Å². The van der Waals surface area contributed by atoms with Gasteiger partial charge in [-0.15, -0.1) is 0 Å². The number of alkyl halides is 1. The number of aromatic nitrogens is 1. The Labute approximate surface area is 258 Å². The molecule has 4 aromatic rings. The zero-order chi connectivity index (χ0) is 31.8. The fraction of sp³-hybridized carbons (Fsp3) is 0.450. The molecule has 5 rings (SSSR count). The number of benzene rings is 3. The van der Waals surface area contributed by atoms with Crippen LogP contribution < -0.4 is 0 Å². The number of para-hydroxylation sites is 1. The van der Waals surface area contributed by atoms with Crippen LogP contribution in [-0.4, -0.2) is 15.3 Å². The number of rotatable bonds is 4. The molecule has 228 valence electrons. The predicted molar refractivity (Wildman–Crippen MR) is 183 cm³/mol. The highest BCUT2D eigenvalue weighted by Gasteiger charge is 2.46. The molecule has 1 aliphatic rings. The quantitative estimate of drug-likeness (QED) is 0.256. The number of hydrogen-bond acceptors (Lipinski definition) is 1. The molecule has 0 radical (unpaired) electrons. The minimum absolute atomic E-state index is 0.00391. The summed E-state index contributed by atoms with van der Waals surface area (Å²) in [7, 11) is 0. The Kier molecular flexibility index (Phi) is 7.31. The maximum atomic E-state index is 16.8. The van der Waals surface area contributed by atoms with Crippen LogP contribution in [0.3, 0.4) is 0 Å². The van der Waals surface area contributed by atoms with Crippen molar-refractivity contribution >= 4 is 27.4 Å². The van der Waals surface area contributed by atoms with Gasteiger partial charge in [0.1, 0.15) is 11.4 Å². The van der Waals surface area contributed by atoms with E-state index in [0.717, 1.165) is 23.0 Å². The number of allylic oxidation sites excluding steroid dienone is 4. The van der Waals surface area contributed by atoms with E-state index in [0.29, 0.717) is 17.7 Å². The van der Waals surface area contributed by atoms with E-state index in [9.17, 15) is 5.11 Å². The Hall–Kier alpha value is -3.33. The molecule has 1 aliphatic carbocycles. The number of phenols is 1. The molecule has 1 heterocycles. The van der Waals surface area contributed by atoms with Crippen LogP contribution in [0.1, 0.15) is 106 Å². The van der Waals surface area contributed by atoms with Crippen molar-refractivity contribution in [2.45, 2.75) is 106 Å². The van der Waals surface area contributed by atoms with Crippen LogP contribution in [0, 0.1) is 10.8 Å². The van der Waals surface area contributed by atoms with Gasteiger partial charge in [-0.2, -0.15) is 0 Å².